The maximum absolute atomic E-state index is 9.06. The highest BCUT2D eigenvalue weighted by molar-refractivity contribution is 6.18. The van der Waals surface area contributed by atoms with Gasteiger partial charge < -0.3 is 14.6 Å². The van der Waals surface area contributed by atoms with Crippen LogP contribution in [0.4, 0.5) is 0 Å². The first-order chi connectivity index (χ1) is 7.31. The van der Waals surface area contributed by atoms with Gasteiger partial charge in [0.1, 0.15) is 0 Å². The van der Waals surface area contributed by atoms with Crippen LogP contribution in [0, 0.1) is 0 Å². The van der Waals surface area contributed by atoms with Crippen molar-refractivity contribution in [1.82, 2.24) is 0 Å². The van der Waals surface area contributed by atoms with Crippen LogP contribution in [-0.2, 0) is 9.47 Å². The molecule has 0 aliphatic heterocycles. The van der Waals surface area contributed by atoms with Crippen molar-refractivity contribution in [3.05, 3.63) is 0 Å². The van der Waals surface area contributed by atoms with Crippen molar-refractivity contribution in [1.29, 1.82) is 0 Å². The number of unbranched alkanes of at least 4 members (excludes halogenated alkanes) is 3. The predicted octanol–water partition coefficient (Wildman–Crippen LogP) is 2.20. The van der Waals surface area contributed by atoms with Gasteiger partial charge in [0.25, 0.3) is 0 Å². The van der Waals surface area contributed by atoms with Crippen LogP contribution in [0.1, 0.15) is 32.6 Å². The van der Waals surface area contributed by atoms with Crippen LogP contribution in [0.15, 0.2) is 0 Å². The molecular formula is C11H23ClO3. The molecule has 0 aliphatic rings. The second-order valence-electron chi connectivity index (χ2n) is 3.56. The van der Waals surface area contributed by atoms with Crippen LogP contribution in [0.5, 0.6) is 0 Å². The van der Waals surface area contributed by atoms with E-state index in [2.05, 4.69) is 6.92 Å². The third kappa shape index (κ3) is 12.1. The van der Waals surface area contributed by atoms with Gasteiger partial charge in [-0.1, -0.05) is 26.2 Å². The van der Waals surface area contributed by atoms with Gasteiger partial charge in [-0.05, 0) is 6.42 Å². The van der Waals surface area contributed by atoms with Crippen molar-refractivity contribution in [3.63, 3.8) is 0 Å². The molecule has 0 bridgehead atoms. The number of ether oxygens (including phenoxy) is 2. The number of aliphatic hydroxyl groups is 1. The molecule has 4 heteroatoms. The number of alkyl halides is 1. The summed E-state index contributed by atoms with van der Waals surface area (Å²) in [5.41, 5.74) is 0. The van der Waals surface area contributed by atoms with E-state index in [0.717, 1.165) is 13.0 Å². The van der Waals surface area contributed by atoms with E-state index >= 15 is 0 Å². The molecule has 92 valence electrons. The van der Waals surface area contributed by atoms with Gasteiger partial charge in [0, 0.05) is 6.61 Å². The van der Waals surface area contributed by atoms with Gasteiger partial charge in [-0.3, -0.25) is 0 Å². The minimum atomic E-state index is -0.559. The summed E-state index contributed by atoms with van der Waals surface area (Å²) in [6, 6.07) is 0. The van der Waals surface area contributed by atoms with Crippen LogP contribution in [-0.4, -0.2) is 43.5 Å². The Bertz CT molecular complexity index is 122. The number of aliphatic hydroxyl groups excluding tert-OH is 1. The van der Waals surface area contributed by atoms with Gasteiger partial charge in [0.2, 0.25) is 0 Å². The summed E-state index contributed by atoms with van der Waals surface area (Å²) in [7, 11) is 0. The average Bonchev–Trinajstić information content (AvgIpc) is 2.26. The maximum atomic E-state index is 9.06. The zero-order valence-corrected chi connectivity index (χ0v) is 10.3. The molecule has 15 heavy (non-hydrogen) atoms. The Kier molecular flexibility index (Phi) is 12.4. The smallest absolute Gasteiger partial charge is 0.0908 e. The van der Waals surface area contributed by atoms with E-state index in [4.69, 9.17) is 26.2 Å². The molecule has 0 unspecified atom stereocenters. The average molecular weight is 239 g/mol. The molecular weight excluding hydrogens is 216 g/mol. The second kappa shape index (κ2) is 12.2. The fourth-order valence-corrected chi connectivity index (χ4v) is 1.20. The quantitative estimate of drug-likeness (QED) is 0.443. The Morgan fingerprint density at radius 2 is 1.80 bits per heavy atom. The molecule has 0 heterocycles. The lowest BCUT2D eigenvalue weighted by Gasteiger charge is -2.08. The second-order valence-corrected chi connectivity index (χ2v) is 3.86. The standard InChI is InChI=1S/C11H23ClO3/c1-2-3-4-5-6-14-7-8-15-10-11(13)9-12/h11,13H,2-10H2,1H3/t11-/m0/s1. The van der Waals surface area contributed by atoms with Crippen molar-refractivity contribution < 1.29 is 14.6 Å². The molecule has 1 atom stereocenters. The fourth-order valence-electron chi connectivity index (χ4n) is 1.11. The van der Waals surface area contributed by atoms with Crippen molar-refractivity contribution in [2.24, 2.45) is 0 Å². The lowest BCUT2D eigenvalue weighted by Crippen LogP contribution is -2.18. The molecule has 0 fully saturated rings. The van der Waals surface area contributed by atoms with Gasteiger partial charge in [-0.2, -0.15) is 0 Å². The Labute approximate surface area is 97.7 Å². The molecule has 1 N–H and O–H groups in total. The van der Waals surface area contributed by atoms with E-state index in [9.17, 15) is 0 Å². The van der Waals surface area contributed by atoms with Gasteiger partial charge in [0.05, 0.1) is 31.8 Å². The van der Waals surface area contributed by atoms with Crippen molar-refractivity contribution >= 4 is 11.6 Å². The maximum Gasteiger partial charge on any atom is 0.0908 e. The number of hydrogen-bond donors (Lipinski definition) is 1. The first-order valence-electron chi connectivity index (χ1n) is 5.70. The van der Waals surface area contributed by atoms with E-state index in [1.807, 2.05) is 0 Å². The van der Waals surface area contributed by atoms with E-state index in [-0.39, 0.29) is 5.88 Å². The van der Waals surface area contributed by atoms with Crippen molar-refractivity contribution in [3.8, 4) is 0 Å². The number of halogens is 1. The summed E-state index contributed by atoms with van der Waals surface area (Å²) in [6.07, 6.45) is 4.33. The molecule has 0 radical (unpaired) electrons. The summed E-state index contributed by atoms with van der Waals surface area (Å²) in [6.45, 7) is 4.42. The molecule has 0 amide bonds. The van der Waals surface area contributed by atoms with E-state index in [1.165, 1.54) is 19.3 Å². The van der Waals surface area contributed by atoms with Gasteiger partial charge >= 0.3 is 0 Å². The predicted molar refractivity (Wildman–Crippen MR) is 62.5 cm³/mol. The lowest BCUT2D eigenvalue weighted by molar-refractivity contribution is 0.00989. The van der Waals surface area contributed by atoms with Crippen LogP contribution in [0.25, 0.3) is 0 Å². The Balaban J connectivity index is 2.92. The van der Waals surface area contributed by atoms with Crippen LogP contribution < -0.4 is 0 Å². The normalized spacial score (nSPS) is 13.0. The molecule has 0 aromatic rings. The van der Waals surface area contributed by atoms with Gasteiger partial charge in [0.15, 0.2) is 0 Å². The highest BCUT2D eigenvalue weighted by Gasteiger charge is 2.00. The summed E-state index contributed by atoms with van der Waals surface area (Å²) < 4.78 is 10.5. The molecule has 0 aromatic carbocycles. The molecule has 3 nitrogen and oxygen atoms in total. The fraction of sp³-hybridized carbons (Fsp3) is 1.00. The molecule has 0 rings (SSSR count). The summed E-state index contributed by atoms with van der Waals surface area (Å²) in [4.78, 5) is 0. The summed E-state index contributed by atoms with van der Waals surface area (Å²) in [5.74, 6) is 0.220. The molecule has 0 saturated heterocycles. The minimum absolute atomic E-state index is 0.220. The van der Waals surface area contributed by atoms with Gasteiger partial charge in [-0.25, -0.2) is 0 Å². The number of hydrogen-bond acceptors (Lipinski definition) is 3. The zero-order valence-electron chi connectivity index (χ0n) is 9.58. The molecule has 0 aliphatic carbocycles. The molecule has 0 spiro atoms. The Morgan fingerprint density at radius 3 is 2.47 bits per heavy atom. The van der Waals surface area contributed by atoms with Crippen LogP contribution in [0.2, 0.25) is 0 Å². The minimum Gasteiger partial charge on any atom is -0.389 e. The van der Waals surface area contributed by atoms with E-state index in [0.29, 0.717) is 19.8 Å². The Morgan fingerprint density at radius 1 is 1.07 bits per heavy atom. The van der Waals surface area contributed by atoms with E-state index < -0.39 is 6.10 Å². The largest absolute Gasteiger partial charge is 0.389 e. The summed E-state index contributed by atoms with van der Waals surface area (Å²) >= 11 is 5.40. The van der Waals surface area contributed by atoms with Crippen LogP contribution >= 0.6 is 11.6 Å². The first-order valence-corrected chi connectivity index (χ1v) is 6.24. The topological polar surface area (TPSA) is 38.7 Å². The zero-order chi connectivity index (χ0) is 11.4. The highest BCUT2D eigenvalue weighted by Crippen LogP contribution is 1.98. The third-order valence-corrected chi connectivity index (χ3v) is 2.36. The monoisotopic (exact) mass is 238 g/mol. The lowest BCUT2D eigenvalue weighted by atomic mass is 10.2. The number of rotatable bonds is 11. The Hall–Kier alpha value is 0.170. The summed E-state index contributed by atoms with van der Waals surface area (Å²) in [5, 5.41) is 9.06. The van der Waals surface area contributed by atoms with Crippen molar-refractivity contribution in [2.75, 3.05) is 32.3 Å². The van der Waals surface area contributed by atoms with E-state index in [1.54, 1.807) is 0 Å². The van der Waals surface area contributed by atoms with Crippen molar-refractivity contribution in [2.45, 2.75) is 38.7 Å². The third-order valence-electron chi connectivity index (χ3n) is 2.00. The highest BCUT2D eigenvalue weighted by atomic mass is 35.5. The SMILES string of the molecule is CCCCCCOCCOC[C@@H](O)CCl. The van der Waals surface area contributed by atoms with Crippen LogP contribution in [0.3, 0.4) is 0 Å². The first kappa shape index (κ1) is 15.2. The molecule has 0 aromatic heterocycles. The molecule has 0 saturated carbocycles. The van der Waals surface area contributed by atoms with Gasteiger partial charge in [-0.15, -0.1) is 11.6 Å².